The summed E-state index contributed by atoms with van der Waals surface area (Å²) in [6.07, 6.45) is 3.69. The minimum Gasteiger partial charge on any atom is -0.331 e. The van der Waals surface area contributed by atoms with Crippen molar-refractivity contribution >= 4 is 6.03 Å². The topological polar surface area (TPSA) is 50.2 Å². The quantitative estimate of drug-likeness (QED) is 0.944. The van der Waals surface area contributed by atoms with Crippen LogP contribution in [0, 0.1) is 13.8 Å². The maximum atomic E-state index is 12.3. The van der Waals surface area contributed by atoms with E-state index in [2.05, 4.69) is 42.5 Å². The summed E-state index contributed by atoms with van der Waals surface area (Å²) in [5.74, 6) is 0. The van der Waals surface area contributed by atoms with Gasteiger partial charge in [0.1, 0.15) is 0 Å². The van der Waals surface area contributed by atoms with Crippen LogP contribution in [0.25, 0.3) is 0 Å². The molecule has 1 aromatic carbocycles. The van der Waals surface area contributed by atoms with Crippen LogP contribution in [0.1, 0.15) is 35.2 Å². The number of aromatic nitrogens is 2. The van der Waals surface area contributed by atoms with Gasteiger partial charge >= 0.3 is 6.03 Å². The number of nitrogens with zero attached hydrogens (tertiary/aromatic N) is 3. The van der Waals surface area contributed by atoms with Gasteiger partial charge in [-0.25, -0.2) is 4.79 Å². The van der Waals surface area contributed by atoms with Gasteiger partial charge < -0.3 is 10.2 Å². The molecule has 0 saturated heterocycles. The number of nitrogens with one attached hydrogen (secondary N) is 1. The van der Waals surface area contributed by atoms with Gasteiger partial charge in [-0.1, -0.05) is 29.3 Å². The number of hydrogen-bond donors (Lipinski definition) is 1. The van der Waals surface area contributed by atoms with Gasteiger partial charge in [-0.3, -0.25) is 4.68 Å². The molecular weight excluding hydrogens is 276 g/mol. The molecule has 118 valence electrons. The molecule has 1 aromatic heterocycles. The van der Waals surface area contributed by atoms with E-state index < -0.39 is 0 Å². The van der Waals surface area contributed by atoms with Crippen molar-refractivity contribution in [2.75, 3.05) is 7.05 Å². The van der Waals surface area contributed by atoms with Crippen molar-refractivity contribution in [1.82, 2.24) is 20.0 Å². The predicted molar refractivity (Wildman–Crippen MR) is 87.5 cm³/mol. The van der Waals surface area contributed by atoms with Crippen molar-refractivity contribution in [3.05, 3.63) is 52.8 Å². The molecule has 1 atom stereocenters. The fourth-order valence-electron chi connectivity index (χ4n) is 2.54. The van der Waals surface area contributed by atoms with E-state index >= 15 is 0 Å². The van der Waals surface area contributed by atoms with Crippen LogP contribution in [-0.4, -0.2) is 27.8 Å². The Balaban J connectivity index is 1.98. The van der Waals surface area contributed by atoms with Gasteiger partial charge in [-0.15, -0.1) is 0 Å². The van der Waals surface area contributed by atoms with Gasteiger partial charge in [-0.05, 0) is 26.3 Å². The lowest BCUT2D eigenvalue weighted by Crippen LogP contribution is -2.38. The van der Waals surface area contributed by atoms with Crippen LogP contribution >= 0.6 is 0 Å². The standard InChI is InChI=1S/C17H24N4O/c1-12-6-13(2)8-16(7-12)14(3)19-17(22)20(4)10-15-9-18-21(5)11-15/h6-9,11,14H,10H2,1-5H3,(H,19,22)/t14-/m1/s1. The number of benzene rings is 1. The van der Waals surface area contributed by atoms with Crippen molar-refractivity contribution in [2.24, 2.45) is 7.05 Å². The zero-order valence-electron chi connectivity index (χ0n) is 13.9. The van der Waals surface area contributed by atoms with Crippen molar-refractivity contribution in [3.8, 4) is 0 Å². The number of carbonyl (C=O) groups is 1. The average molecular weight is 300 g/mol. The molecule has 0 saturated carbocycles. The van der Waals surface area contributed by atoms with Crippen LogP contribution in [0.4, 0.5) is 4.79 Å². The van der Waals surface area contributed by atoms with E-state index in [-0.39, 0.29) is 12.1 Å². The SMILES string of the molecule is Cc1cc(C)cc([C@@H](C)NC(=O)N(C)Cc2cnn(C)c2)c1. The lowest BCUT2D eigenvalue weighted by Gasteiger charge is -2.21. The Morgan fingerprint density at radius 1 is 1.32 bits per heavy atom. The van der Waals surface area contributed by atoms with E-state index in [0.717, 1.165) is 11.1 Å². The van der Waals surface area contributed by atoms with Crippen molar-refractivity contribution in [1.29, 1.82) is 0 Å². The van der Waals surface area contributed by atoms with E-state index in [4.69, 9.17) is 0 Å². The van der Waals surface area contributed by atoms with Crippen molar-refractivity contribution in [3.63, 3.8) is 0 Å². The fraction of sp³-hybridized carbons (Fsp3) is 0.412. The summed E-state index contributed by atoms with van der Waals surface area (Å²) in [7, 11) is 3.66. The smallest absolute Gasteiger partial charge is 0.317 e. The second-order valence-corrected chi connectivity index (χ2v) is 5.97. The van der Waals surface area contributed by atoms with Gasteiger partial charge in [0.25, 0.3) is 0 Å². The van der Waals surface area contributed by atoms with E-state index in [9.17, 15) is 4.79 Å². The maximum absolute atomic E-state index is 12.3. The molecule has 5 nitrogen and oxygen atoms in total. The number of amides is 2. The predicted octanol–water partition coefficient (Wildman–Crippen LogP) is 2.94. The summed E-state index contributed by atoms with van der Waals surface area (Å²) < 4.78 is 1.74. The highest BCUT2D eigenvalue weighted by atomic mass is 16.2. The van der Waals surface area contributed by atoms with Gasteiger partial charge in [0.2, 0.25) is 0 Å². The molecule has 22 heavy (non-hydrogen) atoms. The number of rotatable bonds is 4. The van der Waals surface area contributed by atoms with Crippen LogP contribution in [-0.2, 0) is 13.6 Å². The van der Waals surface area contributed by atoms with Crippen molar-refractivity contribution < 1.29 is 4.79 Å². The lowest BCUT2D eigenvalue weighted by molar-refractivity contribution is 0.203. The Labute approximate surface area is 131 Å². The van der Waals surface area contributed by atoms with E-state index in [1.54, 1.807) is 22.8 Å². The molecule has 0 aliphatic heterocycles. The first-order chi connectivity index (χ1) is 10.3. The molecule has 1 N–H and O–H groups in total. The molecular formula is C17H24N4O. The van der Waals surface area contributed by atoms with Gasteiger partial charge in [0.15, 0.2) is 0 Å². The molecule has 1 heterocycles. The monoisotopic (exact) mass is 300 g/mol. The van der Waals surface area contributed by atoms with Crippen LogP contribution in [0.15, 0.2) is 30.6 Å². The largest absolute Gasteiger partial charge is 0.331 e. The third-order valence-electron chi connectivity index (χ3n) is 3.61. The summed E-state index contributed by atoms with van der Waals surface area (Å²) >= 11 is 0. The number of hydrogen-bond acceptors (Lipinski definition) is 2. The normalized spacial score (nSPS) is 12.0. The van der Waals surface area contributed by atoms with Crippen LogP contribution in [0.5, 0.6) is 0 Å². The van der Waals surface area contributed by atoms with Crippen LogP contribution < -0.4 is 5.32 Å². The van der Waals surface area contributed by atoms with Crippen LogP contribution in [0.3, 0.4) is 0 Å². The van der Waals surface area contributed by atoms with Gasteiger partial charge in [0.05, 0.1) is 18.8 Å². The second kappa shape index (κ2) is 6.64. The first-order valence-corrected chi connectivity index (χ1v) is 7.42. The Morgan fingerprint density at radius 2 is 1.95 bits per heavy atom. The maximum Gasteiger partial charge on any atom is 0.317 e. The van der Waals surface area contributed by atoms with E-state index in [1.165, 1.54) is 11.1 Å². The lowest BCUT2D eigenvalue weighted by atomic mass is 10.0. The van der Waals surface area contributed by atoms with E-state index in [0.29, 0.717) is 6.54 Å². The molecule has 0 aliphatic rings. The number of carbonyl (C=O) groups excluding carboxylic acids is 1. The Kier molecular flexibility index (Phi) is 4.85. The third-order valence-corrected chi connectivity index (χ3v) is 3.61. The summed E-state index contributed by atoms with van der Waals surface area (Å²) in [4.78, 5) is 14.0. The number of aryl methyl sites for hydroxylation is 3. The molecule has 0 radical (unpaired) electrons. The zero-order chi connectivity index (χ0) is 16.3. The van der Waals surface area contributed by atoms with Gasteiger partial charge in [-0.2, -0.15) is 5.10 Å². The summed E-state index contributed by atoms with van der Waals surface area (Å²) in [6.45, 7) is 6.68. The van der Waals surface area contributed by atoms with Crippen LogP contribution in [0.2, 0.25) is 0 Å². The highest BCUT2D eigenvalue weighted by molar-refractivity contribution is 5.74. The molecule has 2 amide bonds. The Morgan fingerprint density at radius 3 is 2.50 bits per heavy atom. The summed E-state index contributed by atoms with van der Waals surface area (Å²) in [5.41, 5.74) is 4.56. The van der Waals surface area contributed by atoms with Crippen molar-refractivity contribution in [2.45, 2.75) is 33.4 Å². The highest BCUT2D eigenvalue weighted by Crippen LogP contribution is 2.17. The Hall–Kier alpha value is -2.30. The molecule has 5 heteroatoms. The first-order valence-electron chi connectivity index (χ1n) is 7.42. The third kappa shape index (κ3) is 4.10. The summed E-state index contributed by atoms with van der Waals surface area (Å²) in [5, 5.41) is 7.15. The average Bonchev–Trinajstić information content (AvgIpc) is 2.82. The second-order valence-electron chi connectivity index (χ2n) is 5.97. The highest BCUT2D eigenvalue weighted by Gasteiger charge is 2.14. The first kappa shape index (κ1) is 16.1. The molecule has 2 aromatic rings. The molecule has 2 rings (SSSR count). The fourth-order valence-corrected chi connectivity index (χ4v) is 2.54. The van der Waals surface area contributed by atoms with Gasteiger partial charge in [0, 0.05) is 25.9 Å². The Bertz CT molecular complexity index is 642. The minimum absolute atomic E-state index is 0.0255. The molecule has 0 unspecified atom stereocenters. The zero-order valence-corrected chi connectivity index (χ0v) is 13.9. The van der Waals surface area contributed by atoms with E-state index in [1.807, 2.05) is 20.2 Å². The summed E-state index contributed by atoms with van der Waals surface area (Å²) in [6, 6.07) is 6.24. The molecule has 0 spiro atoms. The minimum atomic E-state index is -0.0875. The molecule has 0 fully saturated rings. The number of urea groups is 1. The molecule has 0 aliphatic carbocycles. The molecule has 0 bridgehead atoms.